The standard InChI is InChI=1S/C32H34N4O3/c1-19(2)13-26-32(39)36(18-28(36)25-14-20(3)9-11-35(25)26)27(16-29(37)38)24-15-23(17-34-12-10-33-31(24)34)30-21(4)7-6-8-22(30)5/h6-12,14-15,17,19,26-27H,13,16,18H2,1-5H3/p+1. The molecule has 5 heterocycles. The Morgan fingerprint density at radius 3 is 2.64 bits per heavy atom. The van der Waals surface area contributed by atoms with E-state index in [-0.39, 0.29) is 22.9 Å². The van der Waals surface area contributed by atoms with Gasteiger partial charge in [-0.15, -0.1) is 0 Å². The van der Waals surface area contributed by atoms with Crippen molar-refractivity contribution in [2.24, 2.45) is 5.92 Å². The number of carbonyl (C=O) groups excluding carboxylic acids is 1. The summed E-state index contributed by atoms with van der Waals surface area (Å²) >= 11 is 0. The molecular weight excluding hydrogens is 488 g/mol. The van der Waals surface area contributed by atoms with Gasteiger partial charge in [-0.25, -0.2) is 14.3 Å². The number of carbonyl (C=O) groups is 2. The average Bonchev–Trinajstić information content (AvgIpc) is 3.46. The molecule has 1 fully saturated rings. The molecule has 0 spiro atoms. The number of quaternary nitrogens is 1. The molecule has 6 rings (SSSR count). The minimum atomic E-state index is -0.920. The first-order valence-electron chi connectivity index (χ1n) is 13.7. The Morgan fingerprint density at radius 2 is 1.95 bits per heavy atom. The van der Waals surface area contributed by atoms with Gasteiger partial charge in [0, 0.05) is 24.8 Å². The van der Waals surface area contributed by atoms with E-state index in [0.29, 0.717) is 24.5 Å². The van der Waals surface area contributed by atoms with Crippen LogP contribution in [0.25, 0.3) is 16.8 Å². The van der Waals surface area contributed by atoms with E-state index in [4.69, 9.17) is 0 Å². The van der Waals surface area contributed by atoms with Crippen molar-refractivity contribution in [3.05, 3.63) is 94.9 Å². The summed E-state index contributed by atoms with van der Waals surface area (Å²) in [6.45, 7) is 11.0. The molecule has 1 aromatic carbocycles. The van der Waals surface area contributed by atoms with Gasteiger partial charge in [-0.1, -0.05) is 32.0 Å². The third-order valence-corrected chi connectivity index (χ3v) is 8.47. The SMILES string of the molecule is CC1=CC2=C3C[N+]3(C(CC(=O)O)c3cc(-c4c(C)cccc4C)cn4ccnc34)C(=O)C(CC(C)C)N2C=C1. The molecule has 3 unspecified atom stereocenters. The number of benzene rings is 1. The molecule has 1 N–H and O–H groups in total. The molecule has 39 heavy (non-hydrogen) atoms. The van der Waals surface area contributed by atoms with Gasteiger partial charge in [-0.3, -0.25) is 4.79 Å². The molecule has 1 saturated heterocycles. The van der Waals surface area contributed by atoms with Crippen molar-refractivity contribution >= 4 is 17.5 Å². The first kappa shape index (κ1) is 25.3. The van der Waals surface area contributed by atoms with E-state index in [1.807, 2.05) is 28.9 Å². The summed E-state index contributed by atoms with van der Waals surface area (Å²) in [6, 6.07) is 7.38. The topological polar surface area (TPSA) is 74.9 Å². The number of imidazole rings is 1. The molecule has 2 aromatic heterocycles. The molecule has 3 aromatic rings. The first-order chi connectivity index (χ1) is 18.6. The number of aliphatic carboxylic acids is 1. The van der Waals surface area contributed by atoms with Crippen molar-refractivity contribution < 1.29 is 19.2 Å². The van der Waals surface area contributed by atoms with Gasteiger partial charge >= 0.3 is 11.9 Å². The van der Waals surface area contributed by atoms with Crippen molar-refractivity contribution in [1.82, 2.24) is 14.3 Å². The van der Waals surface area contributed by atoms with Crippen LogP contribution >= 0.6 is 0 Å². The predicted molar refractivity (Wildman–Crippen MR) is 150 cm³/mol. The van der Waals surface area contributed by atoms with E-state index in [1.54, 1.807) is 6.20 Å². The number of hydrogen-bond donors (Lipinski definition) is 1. The summed E-state index contributed by atoms with van der Waals surface area (Å²) in [5.74, 6) is -0.531. The monoisotopic (exact) mass is 523 g/mol. The number of carboxylic acid groups (broad SMARTS) is 1. The van der Waals surface area contributed by atoms with Crippen LogP contribution < -0.4 is 0 Å². The summed E-state index contributed by atoms with van der Waals surface area (Å²) in [4.78, 5) is 33.7. The number of carboxylic acids is 1. The van der Waals surface area contributed by atoms with E-state index >= 15 is 0 Å². The Balaban J connectivity index is 1.59. The van der Waals surface area contributed by atoms with Crippen LogP contribution in [0.2, 0.25) is 0 Å². The smallest absolute Gasteiger partial charge is 0.342 e. The number of rotatable bonds is 7. The zero-order valence-electron chi connectivity index (χ0n) is 23.2. The molecule has 7 nitrogen and oxygen atoms in total. The van der Waals surface area contributed by atoms with Gasteiger partial charge in [0.25, 0.3) is 0 Å². The number of allylic oxidation sites excluding steroid dienone is 3. The molecule has 3 aliphatic heterocycles. The lowest BCUT2D eigenvalue weighted by Crippen LogP contribution is -2.53. The van der Waals surface area contributed by atoms with Crippen molar-refractivity contribution in [2.45, 2.75) is 59.5 Å². The zero-order valence-corrected chi connectivity index (χ0v) is 23.2. The predicted octanol–water partition coefficient (Wildman–Crippen LogP) is 5.91. The van der Waals surface area contributed by atoms with Crippen molar-refractivity contribution in [1.29, 1.82) is 0 Å². The lowest BCUT2D eigenvalue weighted by atomic mass is 9.92. The van der Waals surface area contributed by atoms with E-state index in [2.05, 4.69) is 75.0 Å². The highest BCUT2D eigenvalue weighted by atomic mass is 16.4. The molecule has 0 saturated carbocycles. The van der Waals surface area contributed by atoms with Crippen LogP contribution in [0.1, 0.15) is 56.3 Å². The van der Waals surface area contributed by atoms with Crippen LogP contribution in [-0.4, -0.2) is 48.3 Å². The molecular formula is C32H35N4O3+. The van der Waals surface area contributed by atoms with Crippen molar-refractivity contribution in [3.63, 3.8) is 0 Å². The summed E-state index contributed by atoms with van der Waals surface area (Å²) in [5.41, 5.74) is 9.08. The van der Waals surface area contributed by atoms with Gasteiger partial charge in [0.1, 0.15) is 29.8 Å². The molecule has 200 valence electrons. The van der Waals surface area contributed by atoms with Crippen LogP contribution in [-0.2, 0) is 9.59 Å². The highest BCUT2D eigenvalue weighted by Gasteiger charge is 2.69. The largest absolute Gasteiger partial charge is 0.481 e. The average molecular weight is 524 g/mol. The van der Waals surface area contributed by atoms with E-state index in [1.165, 1.54) is 0 Å². The van der Waals surface area contributed by atoms with Crippen molar-refractivity contribution in [3.8, 4) is 11.1 Å². The highest BCUT2D eigenvalue weighted by molar-refractivity contribution is 5.83. The quantitative estimate of drug-likeness (QED) is 0.308. The summed E-state index contributed by atoms with van der Waals surface area (Å²) < 4.78 is 2.03. The number of hydrogen-bond acceptors (Lipinski definition) is 4. The van der Waals surface area contributed by atoms with Crippen LogP contribution in [0.15, 0.2) is 78.2 Å². The summed E-state index contributed by atoms with van der Waals surface area (Å²) in [7, 11) is 0. The summed E-state index contributed by atoms with van der Waals surface area (Å²) in [6.07, 6.45) is 12.5. The molecule has 1 amide bonds. The van der Waals surface area contributed by atoms with Gasteiger partial charge in [-0.2, -0.15) is 0 Å². The maximum absolute atomic E-state index is 14.5. The molecule has 7 heteroatoms. The zero-order chi connectivity index (χ0) is 27.6. The fourth-order valence-electron chi connectivity index (χ4n) is 6.70. The van der Waals surface area contributed by atoms with Gasteiger partial charge < -0.3 is 14.4 Å². The first-order valence-corrected chi connectivity index (χ1v) is 13.7. The molecule has 0 aliphatic carbocycles. The Kier molecular flexibility index (Phi) is 5.88. The maximum Gasteiger partial charge on any atom is 0.342 e. The van der Waals surface area contributed by atoms with E-state index in [0.717, 1.165) is 44.8 Å². The normalized spacial score (nSPS) is 22.7. The van der Waals surface area contributed by atoms with Gasteiger partial charge in [0.2, 0.25) is 0 Å². The van der Waals surface area contributed by atoms with Gasteiger partial charge in [0.15, 0.2) is 12.2 Å². The highest BCUT2D eigenvalue weighted by Crippen LogP contribution is 2.55. The summed E-state index contributed by atoms with van der Waals surface area (Å²) in [5, 5.41) is 10.2. The Morgan fingerprint density at radius 1 is 1.21 bits per heavy atom. The third-order valence-electron chi connectivity index (χ3n) is 8.47. The number of aryl methyl sites for hydroxylation is 2. The number of amides is 1. The second-order valence-corrected chi connectivity index (χ2v) is 11.7. The molecule has 3 aliphatic rings. The molecule has 0 bridgehead atoms. The van der Waals surface area contributed by atoms with Crippen molar-refractivity contribution in [2.75, 3.05) is 6.54 Å². The number of fused-ring (bicyclic) bond motifs is 3. The van der Waals surface area contributed by atoms with Crippen LogP contribution in [0.3, 0.4) is 0 Å². The third kappa shape index (κ3) is 3.95. The van der Waals surface area contributed by atoms with Crippen LogP contribution in [0.4, 0.5) is 0 Å². The lowest BCUT2D eigenvalue weighted by Gasteiger charge is -2.39. The number of pyridine rings is 1. The van der Waals surface area contributed by atoms with Crippen LogP contribution in [0, 0.1) is 19.8 Å². The Labute approximate surface area is 229 Å². The minimum Gasteiger partial charge on any atom is -0.481 e. The Bertz CT molecular complexity index is 1610. The second kappa shape index (κ2) is 9.06. The Hall–Kier alpha value is -3.97. The van der Waals surface area contributed by atoms with E-state index in [9.17, 15) is 14.7 Å². The van der Waals surface area contributed by atoms with Gasteiger partial charge in [-0.05, 0) is 79.2 Å². The lowest BCUT2D eigenvalue weighted by molar-refractivity contribution is -0.739. The van der Waals surface area contributed by atoms with E-state index < -0.39 is 12.0 Å². The second-order valence-electron chi connectivity index (χ2n) is 11.7. The number of aromatic nitrogens is 2. The van der Waals surface area contributed by atoms with Crippen LogP contribution in [0.5, 0.6) is 0 Å². The number of nitrogens with zero attached hydrogens (tertiary/aromatic N) is 4. The fourth-order valence-corrected chi connectivity index (χ4v) is 6.70. The van der Waals surface area contributed by atoms with Gasteiger partial charge in [0.05, 0.1) is 5.56 Å². The minimum absolute atomic E-state index is 0.0614. The molecule has 3 atom stereocenters. The fraction of sp³-hybridized carbons (Fsp3) is 0.344. The molecule has 0 radical (unpaired) electrons. The maximum atomic E-state index is 14.5.